The molecule has 4 heteroatoms. The maximum atomic E-state index is 11.7. The van der Waals surface area contributed by atoms with Crippen molar-refractivity contribution >= 4 is 11.7 Å². The fourth-order valence-electron chi connectivity index (χ4n) is 2.21. The lowest BCUT2D eigenvalue weighted by molar-refractivity contribution is 0.0486. The molecule has 1 fully saturated rings. The Morgan fingerprint density at radius 3 is 3.06 bits per heavy atom. The molecule has 0 bridgehead atoms. The standard InChI is InChI=1S/C14H20N2O2/c15-12-5-3-4-11(10-12)14(17)18-9-7-13-6-1-2-8-16-13/h3-5,10,13,16H,1-2,6-9,15H2/t13-/m1/s1. The molecule has 2 rings (SSSR count). The van der Waals surface area contributed by atoms with E-state index in [-0.39, 0.29) is 5.97 Å². The van der Waals surface area contributed by atoms with Gasteiger partial charge in [0.2, 0.25) is 0 Å². The number of nitrogen functional groups attached to an aromatic ring is 1. The molecule has 18 heavy (non-hydrogen) atoms. The van der Waals surface area contributed by atoms with Crippen LogP contribution in [-0.4, -0.2) is 25.2 Å². The summed E-state index contributed by atoms with van der Waals surface area (Å²) in [6.07, 6.45) is 4.57. The van der Waals surface area contributed by atoms with Gasteiger partial charge in [0.15, 0.2) is 0 Å². The summed E-state index contributed by atoms with van der Waals surface area (Å²) in [4.78, 5) is 11.7. The molecule has 0 amide bonds. The first-order valence-corrected chi connectivity index (χ1v) is 6.52. The Labute approximate surface area is 108 Å². The number of ether oxygens (including phenoxy) is 1. The van der Waals surface area contributed by atoms with Crippen molar-refractivity contribution < 1.29 is 9.53 Å². The Morgan fingerprint density at radius 2 is 2.33 bits per heavy atom. The zero-order valence-electron chi connectivity index (χ0n) is 10.5. The van der Waals surface area contributed by atoms with E-state index in [2.05, 4.69) is 5.32 Å². The zero-order chi connectivity index (χ0) is 12.8. The van der Waals surface area contributed by atoms with Crippen LogP contribution in [0.2, 0.25) is 0 Å². The third-order valence-electron chi connectivity index (χ3n) is 3.23. The fourth-order valence-corrected chi connectivity index (χ4v) is 2.21. The van der Waals surface area contributed by atoms with Crippen LogP contribution in [0.5, 0.6) is 0 Å². The molecule has 1 aromatic carbocycles. The summed E-state index contributed by atoms with van der Waals surface area (Å²) in [6.45, 7) is 1.54. The second-order valence-electron chi connectivity index (χ2n) is 4.70. The smallest absolute Gasteiger partial charge is 0.338 e. The predicted molar refractivity (Wildman–Crippen MR) is 71.4 cm³/mol. The van der Waals surface area contributed by atoms with Gasteiger partial charge in [0.25, 0.3) is 0 Å². The molecule has 1 saturated heterocycles. The highest BCUT2D eigenvalue weighted by Gasteiger charge is 2.13. The number of hydrogen-bond acceptors (Lipinski definition) is 4. The molecule has 1 atom stereocenters. The topological polar surface area (TPSA) is 64.4 Å². The molecular weight excluding hydrogens is 228 g/mol. The number of piperidine rings is 1. The van der Waals surface area contributed by atoms with Gasteiger partial charge >= 0.3 is 5.97 Å². The zero-order valence-corrected chi connectivity index (χ0v) is 10.5. The van der Waals surface area contributed by atoms with Gasteiger partial charge in [0.1, 0.15) is 0 Å². The first kappa shape index (κ1) is 12.9. The monoisotopic (exact) mass is 248 g/mol. The summed E-state index contributed by atoms with van der Waals surface area (Å²) in [6, 6.07) is 7.36. The molecule has 1 aliphatic heterocycles. The number of nitrogens with two attached hydrogens (primary N) is 1. The van der Waals surface area contributed by atoms with E-state index in [0.717, 1.165) is 13.0 Å². The Kier molecular flexibility index (Phi) is 4.59. The van der Waals surface area contributed by atoms with Crippen LogP contribution in [0.15, 0.2) is 24.3 Å². The number of carbonyl (C=O) groups excluding carboxylic acids is 1. The average Bonchev–Trinajstić information content (AvgIpc) is 2.40. The van der Waals surface area contributed by atoms with E-state index >= 15 is 0 Å². The third kappa shape index (κ3) is 3.74. The highest BCUT2D eigenvalue weighted by atomic mass is 16.5. The SMILES string of the molecule is Nc1cccc(C(=O)OCC[C@H]2CCCCN2)c1. The highest BCUT2D eigenvalue weighted by Crippen LogP contribution is 2.11. The number of rotatable bonds is 4. The van der Waals surface area contributed by atoms with Gasteiger partial charge in [-0.15, -0.1) is 0 Å². The summed E-state index contributed by atoms with van der Waals surface area (Å²) in [7, 11) is 0. The van der Waals surface area contributed by atoms with Crippen LogP contribution in [-0.2, 0) is 4.74 Å². The van der Waals surface area contributed by atoms with Crippen molar-refractivity contribution in [1.82, 2.24) is 5.32 Å². The summed E-state index contributed by atoms with van der Waals surface area (Å²) < 4.78 is 5.25. The van der Waals surface area contributed by atoms with E-state index in [9.17, 15) is 4.79 Å². The maximum Gasteiger partial charge on any atom is 0.338 e. The van der Waals surface area contributed by atoms with Crippen molar-refractivity contribution in [2.75, 3.05) is 18.9 Å². The van der Waals surface area contributed by atoms with Crippen molar-refractivity contribution in [2.24, 2.45) is 0 Å². The molecule has 0 aliphatic carbocycles. The van der Waals surface area contributed by atoms with Gasteiger partial charge in [0.05, 0.1) is 12.2 Å². The van der Waals surface area contributed by atoms with E-state index < -0.39 is 0 Å². The van der Waals surface area contributed by atoms with E-state index in [4.69, 9.17) is 10.5 Å². The van der Waals surface area contributed by atoms with Crippen molar-refractivity contribution in [2.45, 2.75) is 31.7 Å². The Hall–Kier alpha value is -1.55. The Morgan fingerprint density at radius 1 is 1.44 bits per heavy atom. The minimum atomic E-state index is -0.293. The van der Waals surface area contributed by atoms with Gasteiger partial charge in [-0.05, 0) is 44.0 Å². The van der Waals surface area contributed by atoms with Gasteiger partial charge in [0, 0.05) is 11.7 Å². The largest absolute Gasteiger partial charge is 0.462 e. The molecule has 1 aromatic rings. The van der Waals surface area contributed by atoms with Gasteiger partial charge in [-0.1, -0.05) is 12.5 Å². The van der Waals surface area contributed by atoms with Crippen molar-refractivity contribution in [3.63, 3.8) is 0 Å². The summed E-state index contributed by atoms with van der Waals surface area (Å²) in [5.41, 5.74) is 6.73. The van der Waals surface area contributed by atoms with Crippen LogP contribution in [0.3, 0.4) is 0 Å². The van der Waals surface area contributed by atoms with E-state index in [0.29, 0.717) is 23.9 Å². The molecule has 1 aliphatic rings. The Bertz CT molecular complexity index is 401. The minimum absolute atomic E-state index is 0.293. The number of nitrogens with one attached hydrogen (secondary N) is 1. The van der Waals surface area contributed by atoms with Crippen LogP contribution in [0.4, 0.5) is 5.69 Å². The van der Waals surface area contributed by atoms with Crippen LogP contribution >= 0.6 is 0 Å². The number of esters is 1. The minimum Gasteiger partial charge on any atom is -0.462 e. The molecular formula is C14H20N2O2. The second-order valence-corrected chi connectivity index (χ2v) is 4.70. The normalized spacial score (nSPS) is 19.4. The van der Waals surface area contributed by atoms with Crippen LogP contribution in [0.1, 0.15) is 36.0 Å². The number of hydrogen-bond donors (Lipinski definition) is 2. The van der Waals surface area contributed by atoms with E-state index in [1.54, 1.807) is 24.3 Å². The number of anilines is 1. The quantitative estimate of drug-likeness (QED) is 0.631. The second kappa shape index (κ2) is 6.40. The molecule has 0 unspecified atom stereocenters. The molecule has 1 heterocycles. The van der Waals surface area contributed by atoms with Crippen molar-refractivity contribution in [3.8, 4) is 0 Å². The first-order valence-electron chi connectivity index (χ1n) is 6.52. The molecule has 98 valence electrons. The van der Waals surface area contributed by atoms with Crippen LogP contribution < -0.4 is 11.1 Å². The maximum absolute atomic E-state index is 11.7. The molecule has 4 nitrogen and oxygen atoms in total. The average molecular weight is 248 g/mol. The fraction of sp³-hybridized carbons (Fsp3) is 0.500. The van der Waals surface area contributed by atoms with Gasteiger partial charge in [-0.2, -0.15) is 0 Å². The van der Waals surface area contributed by atoms with Crippen LogP contribution in [0, 0.1) is 0 Å². The van der Waals surface area contributed by atoms with Gasteiger partial charge in [-0.25, -0.2) is 4.79 Å². The molecule has 0 saturated carbocycles. The Balaban J connectivity index is 1.74. The summed E-state index contributed by atoms with van der Waals surface area (Å²) in [5.74, 6) is -0.293. The van der Waals surface area contributed by atoms with E-state index in [1.165, 1.54) is 19.3 Å². The first-order chi connectivity index (χ1) is 8.75. The van der Waals surface area contributed by atoms with Gasteiger partial charge in [-0.3, -0.25) is 0 Å². The number of benzene rings is 1. The molecule has 0 spiro atoms. The lowest BCUT2D eigenvalue weighted by atomic mass is 10.0. The number of carbonyl (C=O) groups is 1. The van der Waals surface area contributed by atoms with Crippen LogP contribution in [0.25, 0.3) is 0 Å². The third-order valence-corrected chi connectivity index (χ3v) is 3.23. The highest BCUT2D eigenvalue weighted by molar-refractivity contribution is 5.90. The van der Waals surface area contributed by atoms with Crippen molar-refractivity contribution in [1.29, 1.82) is 0 Å². The lowest BCUT2D eigenvalue weighted by Gasteiger charge is -2.23. The molecule has 3 N–H and O–H groups in total. The molecule has 0 radical (unpaired) electrons. The molecule has 0 aromatic heterocycles. The lowest BCUT2D eigenvalue weighted by Crippen LogP contribution is -2.35. The van der Waals surface area contributed by atoms with Crippen molar-refractivity contribution in [3.05, 3.63) is 29.8 Å². The van der Waals surface area contributed by atoms with Gasteiger partial charge < -0.3 is 15.8 Å². The summed E-state index contributed by atoms with van der Waals surface area (Å²) >= 11 is 0. The predicted octanol–water partition coefficient (Wildman–Crippen LogP) is 1.96. The van der Waals surface area contributed by atoms with E-state index in [1.807, 2.05) is 0 Å². The summed E-state index contributed by atoms with van der Waals surface area (Å²) in [5, 5.41) is 3.43.